The molecule has 1 atom stereocenters. The van der Waals surface area contributed by atoms with Gasteiger partial charge in [0.15, 0.2) is 0 Å². The van der Waals surface area contributed by atoms with Crippen molar-refractivity contribution in [3.63, 3.8) is 0 Å². The number of rotatable bonds is 6. The molecule has 1 aliphatic rings. The summed E-state index contributed by atoms with van der Waals surface area (Å²) in [6, 6.07) is 16.4. The van der Waals surface area contributed by atoms with E-state index in [1.807, 2.05) is 26.8 Å². The molecule has 0 radical (unpaired) electrons. The predicted octanol–water partition coefficient (Wildman–Crippen LogP) is 5.39. The number of nitrogens with one attached hydrogen (secondary N) is 2. The van der Waals surface area contributed by atoms with Crippen molar-refractivity contribution >= 4 is 21.6 Å². The number of hydrogen-bond donors (Lipinski definition) is 2. The Hall–Kier alpha value is -3.12. The minimum atomic E-state index is -3.85. The maximum absolute atomic E-state index is 13.1. The Morgan fingerprint density at radius 2 is 1.58 bits per heavy atom. The Labute approximate surface area is 196 Å². The minimum Gasteiger partial charge on any atom is -0.346 e. The number of anilines is 1. The van der Waals surface area contributed by atoms with E-state index in [4.69, 9.17) is 0 Å². The summed E-state index contributed by atoms with van der Waals surface area (Å²) in [5.41, 5.74) is 7.28. The second-order valence-electron chi connectivity index (χ2n) is 8.96. The van der Waals surface area contributed by atoms with Gasteiger partial charge in [-0.3, -0.25) is 9.52 Å². The monoisotopic (exact) mass is 462 g/mol. The summed E-state index contributed by atoms with van der Waals surface area (Å²) in [7, 11) is -3.85. The summed E-state index contributed by atoms with van der Waals surface area (Å²) < 4.78 is 28.8. The van der Waals surface area contributed by atoms with Gasteiger partial charge >= 0.3 is 0 Å². The number of carbonyl (C=O) groups is 1. The number of amides is 1. The van der Waals surface area contributed by atoms with Gasteiger partial charge in [-0.05, 0) is 105 Å². The largest absolute Gasteiger partial charge is 0.346 e. The highest BCUT2D eigenvalue weighted by atomic mass is 32.2. The van der Waals surface area contributed by atoms with E-state index in [0.717, 1.165) is 29.5 Å². The predicted molar refractivity (Wildman–Crippen MR) is 132 cm³/mol. The van der Waals surface area contributed by atoms with Crippen molar-refractivity contribution in [3.05, 3.63) is 93.5 Å². The normalized spacial score (nSPS) is 13.9. The summed E-state index contributed by atoms with van der Waals surface area (Å²) in [5, 5.41) is 3.01. The summed E-state index contributed by atoms with van der Waals surface area (Å²) in [6.45, 7) is 7.58. The first-order valence-electron chi connectivity index (χ1n) is 11.3. The number of carbonyl (C=O) groups excluding carboxylic acids is 1. The van der Waals surface area contributed by atoms with Gasteiger partial charge in [-0.1, -0.05) is 30.3 Å². The molecule has 3 aromatic rings. The second kappa shape index (κ2) is 9.02. The molecule has 4 rings (SSSR count). The van der Waals surface area contributed by atoms with Gasteiger partial charge < -0.3 is 5.32 Å². The molecular weight excluding hydrogens is 432 g/mol. The van der Waals surface area contributed by atoms with Gasteiger partial charge in [0.25, 0.3) is 15.9 Å². The first-order valence-corrected chi connectivity index (χ1v) is 12.8. The Bertz CT molecular complexity index is 1330. The molecule has 1 aliphatic carbocycles. The fourth-order valence-corrected chi connectivity index (χ4v) is 5.59. The van der Waals surface area contributed by atoms with Crippen molar-refractivity contribution in [1.29, 1.82) is 0 Å². The van der Waals surface area contributed by atoms with Crippen molar-refractivity contribution < 1.29 is 13.2 Å². The van der Waals surface area contributed by atoms with Gasteiger partial charge in [0.1, 0.15) is 0 Å². The summed E-state index contributed by atoms with van der Waals surface area (Å²) >= 11 is 0. The maximum atomic E-state index is 13.1. The number of fused-ring (bicyclic) bond motifs is 1. The SMILES string of the molecule is Cc1ccc(NS(=O)(=O)c2cc(C(=O)NC(C)c3ccc4c(c3)CCC4)ccc2C)cc1C. The second-order valence-corrected chi connectivity index (χ2v) is 10.6. The molecule has 172 valence electrons. The van der Waals surface area contributed by atoms with Crippen molar-refractivity contribution in [2.45, 2.75) is 57.9 Å². The van der Waals surface area contributed by atoms with Crippen molar-refractivity contribution in [2.75, 3.05) is 4.72 Å². The van der Waals surface area contributed by atoms with Crippen LogP contribution < -0.4 is 10.0 Å². The third-order valence-corrected chi connectivity index (χ3v) is 7.99. The first-order chi connectivity index (χ1) is 15.6. The van der Waals surface area contributed by atoms with Crippen LogP contribution in [0.4, 0.5) is 5.69 Å². The Kier molecular flexibility index (Phi) is 6.30. The lowest BCUT2D eigenvalue weighted by molar-refractivity contribution is 0.0939. The topological polar surface area (TPSA) is 75.3 Å². The van der Waals surface area contributed by atoms with Crippen LogP contribution in [0.3, 0.4) is 0 Å². The molecule has 0 aliphatic heterocycles. The van der Waals surface area contributed by atoms with Crippen LogP contribution in [0.25, 0.3) is 0 Å². The summed E-state index contributed by atoms with van der Waals surface area (Å²) in [6.07, 6.45) is 3.38. The quantitative estimate of drug-likeness (QED) is 0.516. The molecule has 6 heteroatoms. The van der Waals surface area contributed by atoms with Gasteiger partial charge in [0.2, 0.25) is 0 Å². The van der Waals surface area contributed by atoms with E-state index in [0.29, 0.717) is 16.8 Å². The molecular formula is C27H30N2O3S. The van der Waals surface area contributed by atoms with Crippen LogP contribution in [-0.4, -0.2) is 14.3 Å². The van der Waals surface area contributed by atoms with E-state index in [9.17, 15) is 13.2 Å². The zero-order valence-electron chi connectivity index (χ0n) is 19.5. The molecule has 0 heterocycles. The van der Waals surface area contributed by atoms with Crippen LogP contribution in [-0.2, 0) is 22.9 Å². The molecule has 1 amide bonds. The highest BCUT2D eigenvalue weighted by Crippen LogP contribution is 2.26. The highest BCUT2D eigenvalue weighted by Gasteiger charge is 2.21. The standard InChI is InChI=1S/C27H30N2O3S/c1-17-9-13-25(14-19(17)3)29-33(31,32)26-16-24(10-8-18(26)2)27(30)28-20(4)22-12-11-21-6-5-7-23(21)15-22/h8-16,20,29H,5-7H2,1-4H3,(H,28,30). The molecule has 0 saturated heterocycles. The fourth-order valence-electron chi connectivity index (χ4n) is 4.27. The number of hydrogen-bond acceptors (Lipinski definition) is 3. The van der Waals surface area contributed by atoms with Gasteiger partial charge in [-0.15, -0.1) is 0 Å². The first kappa shape index (κ1) is 23.1. The average molecular weight is 463 g/mol. The lowest BCUT2D eigenvalue weighted by atomic mass is 10.0. The van der Waals surface area contributed by atoms with Crippen LogP contribution in [0.5, 0.6) is 0 Å². The molecule has 0 saturated carbocycles. The maximum Gasteiger partial charge on any atom is 0.262 e. The average Bonchev–Trinajstić information content (AvgIpc) is 3.24. The molecule has 0 bridgehead atoms. The van der Waals surface area contributed by atoms with E-state index < -0.39 is 10.0 Å². The fraction of sp³-hybridized carbons (Fsp3) is 0.296. The van der Waals surface area contributed by atoms with Crippen molar-refractivity contribution in [2.24, 2.45) is 0 Å². The molecule has 0 aromatic heterocycles. The van der Waals surface area contributed by atoms with Crippen LogP contribution in [0, 0.1) is 20.8 Å². The number of benzene rings is 3. The molecule has 3 aromatic carbocycles. The minimum absolute atomic E-state index is 0.0959. The molecule has 5 nitrogen and oxygen atoms in total. The van der Waals surface area contributed by atoms with Crippen molar-refractivity contribution in [3.8, 4) is 0 Å². The Balaban J connectivity index is 1.54. The van der Waals surface area contributed by atoms with E-state index in [1.54, 1.807) is 31.2 Å². The zero-order valence-corrected chi connectivity index (χ0v) is 20.3. The Morgan fingerprint density at radius 3 is 2.33 bits per heavy atom. The number of sulfonamides is 1. The Morgan fingerprint density at radius 1 is 0.848 bits per heavy atom. The van der Waals surface area contributed by atoms with Crippen molar-refractivity contribution in [1.82, 2.24) is 5.32 Å². The smallest absolute Gasteiger partial charge is 0.262 e. The lowest BCUT2D eigenvalue weighted by Gasteiger charge is -2.17. The van der Waals surface area contributed by atoms with Crippen LogP contribution in [0.15, 0.2) is 59.5 Å². The molecule has 1 unspecified atom stereocenters. The van der Waals surface area contributed by atoms with Crippen LogP contribution >= 0.6 is 0 Å². The van der Waals surface area contributed by atoms with Crippen LogP contribution in [0.2, 0.25) is 0 Å². The third kappa shape index (κ3) is 4.96. The van der Waals surface area contributed by atoms with Gasteiger partial charge in [0, 0.05) is 11.3 Å². The molecule has 2 N–H and O–H groups in total. The summed E-state index contributed by atoms with van der Waals surface area (Å²) in [4.78, 5) is 13.1. The number of aryl methyl sites for hydroxylation is 5. The van der Waals surface area contributed by atoms with E-state index in [-0.39, 0.29) is 16.8 Å². The van der Waals surface area contributed by atoms with Gasteiger partial charge in [0.05, 0.1) is 10.9 Å². The van der Waals surface area contributed by atoms with Crippen LogP contribution in [0.1, 0.15) is 63.1 Å². The van der Waals surface area contributed by atoms with Gasteiger partial charge in [-0.2, -0.15) is 0 Å². The molecule has 0 fully saturated rings. The van der Waals surface area contributed by atoms with E-state index in [2.05, 4.69) is 28.2 Å². The van der Waals surface area contributed by atoms with E-state index >= 15 is 0 Å². The zero-order chi connectivity index (χ0) is 23.8. The summed E-state index contributed by atoms with van der Waals surface area (Å²) in [5.74, 6) is -0.300. The lowest BCUT2D eigenvalue weighted by Crippen LogP contribution is -2.27. The third-order valence-electron chi connectivity index (χ3n) is 6.47. The van der Waals surface area contributed by atoms with Gasteiger partial charge in [-0.25, -0.2) is 8.42 Å². The molecule has 33 heavy (non-hydrogen) atoms. The van der Waals surface area contributed by atoms with E-state index in [1.165, 1.54) is 23.6 Å². The highest BCUT2D eigenvalue weighted by molar-refractivity contribution is 7.92. The molecule has 0 spiro atoms.